The molecule has 4 heterocycles. The van der Waals surface area contributed by atoms with Gasteiger partial charge in [-0.25, -0.2) is 15.0 Å². The molecule has 2 aromatic rings. The topological polar surface area (TPSA) is 68.2 Å². The van der Waals surface area contributed by atoms with Gasteiger partial charge in [0.25, 0.3) is 0 Å². The Morgan fingerprint density at radius 3 is 2.85 bits per heavy atom. The zero-order valence-corrected chi connectivity index (χ0v) is 16.1. The van der Waals surface area contributed by atoms with Crippen molar-refractivity contribution in [2.24, 2.45) is 0 Å². The molecule has 0 N–H and O–H groups in total. The molecule has 0 radical (unpaired) electrons. The highest BCUT2D eigenvalue weighted by Gasteiger charge is 2.43. The van der Waals surface area contributed by atoms with Crippen LogP contribution in [0, 0.1) is 13.8 Å². The van der Waals surface area contributed by atoms with E-state index in [1.54, 1.807) is 11.3 Å². The summed E-state index contributed by atoms with van der Waals surface area (Å²) < 4.78 is 6.21. The number of thiazole rings is 1. The number of amides is 1. The molecule has 2 aliphatic rings. The monoisotopic (exact) mass is 372 g/mol. The number of nitrogens with zero attached hydrogens (tertiary/aromatic N) is 4. The van der Waals surface area contributed by atoms with Gasteiger partial charge in [0.05, 0.1) is 23.0 Å². The fourth-order valence-corrected chi connectivity index (χ4v) is 4.56. The van der Waals surface area contributed by atoms with E-state index >= 15 is 0 Å². The molecule has 1 spiro atoms. The first-order chi connectivity index (χ1) is 12.6. The molecule has 4 rings (SSSR count). The lowest BCUT2D eigenvalue weighted by molar-refractivity contribution is -0.141. The van der Waals surface area contributed by atoms with Crippen molar-refractivity contribution >= 4 is 17.2 Å². The van der Waals surface area contributed by atoms with E-state index in [1.165, 1.54) is 5.56 Å². The second-order valence-electron chi connectivity index (χ2n) is 7.12. The van der Waals surface area contributed by atoms with E-state index in [2.05, 4.69) is 9.97 Å². The average molecular weight is 372 g/mol. The maximum Gasteiger partial charge on any atom is 0.222 e. The van der Waals surface area contributed by atoms with Crippen molar-refractivity contribution < 1.29 is 9.53 Å². The molecular formula is C19H24N4O2S. The summed E-state index contributed by atoms with van der Waals surface area (Å²) in [5.41, 5.74) is 2.91. The molecule has 1 saturated heterocycles. The van der Waals surface area contributed by atoms with Crippen LogP contribution >= 0.6 is 11.3 Å². The first kappa shape index (κ1) is 17.5. The highest BCUT2D eigenvalue weighted by Crippen LogP contribution is 2.40. The number of carbonyl (C=O) groups is 1. The third-order valence-electron chi connectivity index (χ3n) is 5.35. The summed E-state index contributed by atoms with van der Waals surface area (Å²) in [6.45, 7) is 6.06. The quantitative estimate of drug-likeness (QED) is 0.828. The number of carbonyl (C=O) groups excluding carboxylic acids is 1. The van der Waals surface area contributed by atoms with Crippen LogP contribution in [-0.4, -0.2) is 45.5 Å². The van der Waals surface area contributed by atoms with Crippen molar-refractivity contribution in [3.05, 3.63) is 39.4 Å². The van der Waals surface area contributed by atoms with E-state index in [-0.39, 0.29) is 11.5 Å². The molecule has 0 aromatic carbocycles. The van der Waals surface area contributed by atoms with Crippen molar-refractivity contribution in [1.82, 2.24) is 19.9 Å². The standard InChI is InChI=1S/C19H24N4O2S/c1-13-20-11-15-5-10-25-19(18(15)21-13)6-8-23(9-7-19)17(24)4-3-16-12-26-14(2)22-16/h11-12H,3-10H2,1-2H3. The normalized spacial score (nSPS) is 18.8. The summed E-state index contributed by atoms with van der Waals surface area (Å²) >= 11 is 1.64. The van der Waals surface area contributed by atoms with Gasteiger partial charge in [0.2, 0.25) is 5.91 Å². The summed E-state index contributed by atoms with van der Waals surface area (Å²) in [5.74, 6) is 0.992. The second kappa shape index (κ2) is 7.04. The largest absolute Gasteiger partial charge is 0.368 e. The summed E-state index contributed by atoms with van der Waals surface area (Å²) in [4.78, 5) is 28.0. The van der Waals surface area contributed by atoms with Gasteiger partial charge < -0.3 is 9.64 Å². The molecule has 6 nitrogen and oxygen atoms in total. The summed E-state index contributed by atoms with van der Waals surface area (Å²) in [5, 5.41) is 3.10. The molecule has 2 aromatic heterocycles. The van der Waals surface area contributed by atoms with Crippen LogP contribution in [0.2, 0.25) is 0 Å². The van der Waals surface area contributed by atoms with Gasteiger partial charge in [-0.15, -0.1) is 11.3 Å². The minimum atomic E-state index is -0.343. The molecule has 1 fully saturated rings. The van der Waals surface area contributed by atoms with E-state index in [9.17, 15) is 4.79 Å². The van der Waals surface area contributed by atoms with Crippen LogP contribution in [0.25, 0.3) is 0 Å². The SMILES string of the molecule is Cc1ncc2c(n1)C1(CCN(C(=O)CCc3csc(C)n3)CC1)OCC2. The molecule has 0 unspecified atom stereocenters. The minimum absolute atomic E-state index is 0.209. The molecule has 0 aliphatic carbocycles. The lowest BCUT2D eigenvalue weighted by Crippen LogP contribution is -2.49. The number of aromatic nitrogens is 3. The van der Waals surface area contributed by atoms with Gasteiger partial charge >= 0.3 is 0 Å². The molecule has 0 bridgehead atoms. The van der Waals surface area contributed by atoms with Gasteiger partial charge in [0.15, 0.2) is 0 Å². The summed E-state index contributed by atoms with van der Waals surface area (Å²) in [6.07, 6.45) is 5.66. The van der Waals surface area contributed by atoms with E-state index in [0.717, 1.165) is 61.0 Å². The molecule has 26 heavy (non-hydrogen) atoms. The summed E-state index contributed by atoms with van der Waals surface area (Å²) in [6, 6.07) is 0. The van der Waals surface area contributed by atoms with E-state index < -0.39 is 0 Å². The molecule has 1 amide bonds. The molecule has 138 valence electrons. The van der Waals surface area contributed by atoms with Gasteiger partial charge in [-0.3, -0.25) is 4.79 Å². The lowest BCUT2D eigenvalue weighted by atomic mass is 9.83. The zero-order chi connectivity index (χ0) is 18.1. The zero-order valence-electron chi connectivity index (χ0n) is 15.3. The highest BCUT2D eigenvalue weighted by atomic mass is 32.1. The average Bonchev–Trinajstić information content (AvgIpc) is 3.06. The Balaban J connectivity index is 1.40. The van der Waals surface area contributed by atoms with Crippen molar-refractivity contribution in [3.63, 3.8) is 0 Å². The molecule has 7 heteroatoms. The van der Waals surface area contributed by atoms with Crippen LogP contribution in [0.3, 0.4) is 0 Å². The Bertz CT molecular complexity index is 812. The van der Waals surface area contributed by atoms with Gasteiger partial charge in [0.1, 0.15) is 11.4 Å². The second-order valence-corrected chi connectivity index (χ2v) is 8.18. The third-order valence-corrected chi connectivity index (χ3v) is 6.17. The van der Waals surface area contributed by atoms with E-state index in [0.29, 0.717) is 13.0 Å². The van der Waals surface area contributed by atoms with Crippen LogP contribution in [0.5, 0.6) is 0 Å². The Morgan fingerprint density at radius 1 is 1.31 bits per heavy atom. The number of ether oxygens (including phenoxy) is 1. The summed E-state index contributed by atoms with van der Waals surface area (Å²) in [7, 11) is 0. The van der Waals surface area contributed by atoms with Crippen LogP contribution in [0.4, 0.5) is 0 Å². The lowest BCUT2D eigenvalue weighted by Gasteiger charge is -2.44. The van der Waals surface area contributed by atoms with Crippen molar-refractivity contribution in [2.45, 2.75) is 51.6 Å². The Morgan fingerprint density at radius 2 is 2.12 bits per heavy atom. The van der Waals surface area contributed by atoms with Crippen LogP contribution < -0.4 is 0 Å². The maximum absolute atomic E-state index is 12.6. The van der Waals surface area contributed by atoms with Gasteiger partial charge in [0, 0.05) is 31.1 Å². The predicted octanol–water partition coefficient (Wildman–Crippen LogP) is 2.57. The molecular weight excluding hydrogens is 348 g/mol. The van der Waals surface area contributed by atoms with Crippen molar-refractivity contribution in [2.75, 3.05) is 19.7 Å². The first-order valence-electron chi connectivity index (χ1n) is 9.21. The van der Waals surface area contributed by atoms with E-state index in [1.807, 2.05) is 30.3 Å². The number of likely N-dealkylation sites (tertiary alicyclic amines) is 1. The van der Waals surface area contributed by atoms with Crippen LogP contribution in [0.1, 0.15) is 47.0 Å². The number of aryl methyl sites for hydroxylation is 3. The smallest absolute Gasteiger partial charge is 0.222 e. The number of piperidine rings is 1. The fraction of sp³-hybridized carbons (Fsp3) is 0.579. The first-order valence-corrected chi connectivity index (χ1v) is 10.1. The Hall–Kier alpha value is -1.86. The van der Waals surface area contributed by atoms with Crippen LogP contribution in [-0.2, 0) is 28.0 Å². The number of rotatable bonds is 3. The Kier molecular flexibility index (Phi) is 4.75. The van der Waals surface area contributed by atoms with Gasteiger partial charge in [-0.2, -0.15) is 0 Å². The highest BCUT2D eigenvalue weighted by molar-refractivity contribution is 7.09. The van der Waals surface area contributed by atoms with Crippen molar-refractivity contribution in [1.29, 1.82) is 0 Å². The van der Waals surface area contributed by atoms with Gasteiger partial charge in [-0.1, -0.05) is 0 Å². The van der Waals surface area contributed by atoms with Gasteiger partial charge in [-0.05, 0) is 45.1 Å². The third kappa shape index (κ3) is 3.38. The minimum Gasteiger partial charge on any atom is -0.368 e. The van der Waals surface area contributed by atoms with Crippen LogP contribution in [0.15, 0.2) is 11.6 Å². The Labute approximate surface area is 157 Å². The van der Waals surface area contributed by atoms with E-state index in [4.69, 9.17) is 9.72 Å². The predicted molar refractivity (Wildman–Crippen MR) is 99.1 cm³/mol. The number of fused-ring (bicyclic) bond motifs is 2. The number of hydrogen-bond acceptors (Lipinski definition) is 6. The molecule has 2 aliphatic heterocycles. The molecule has 0 saturated carbocycles. The molecule has 0 atom stereocenters. The fourth-order valence-electron chi connectivity index (χ4n) is 3.91. The maximum atomic E-state index is 12.6. The van der Waals surface area contributed by atoms with Crippen molar-refractivity contribution in [3.8, 4) is 0 Å². The number of hydrogen-bond donors (Lipinski definition) is 0.